The van der Waals surface area contributed by atoms with Gasteiger partial charge in [0.1, 0.15) is 25.2 Å². The number of hydrogen-bond acceptors (Lipinski definition) is 19. The summed E-state index contributed by atoms with van der Waals surface area (Å²) in [5.74, 6) is 0.118. The summed E-state index contributed by atoms with van der Waals surface area (Å²) in [6.45, 7) is 44.9. The minimum absolute atomic E-state index is 0. The van der Waals surface area contributed by atoms with Crippen LogP contribution in [-0.2, 0) is 18.4 Å². The van der Waals surface area contributed by atoms with Crippen LogP contribution in [0.5, 0.6) is 17.6 Å². The number of aliphatic hydroxyl groups is 2. The molecule has 534 valence electrons. The Morgan fingerprint density at radius 3 is 1.13 bits per heavy atom. The average molecular weight is 1660 g/mol. The van der Waals surface area contributed by atoms with Crippen LogP contribution in [0.2, 0.25) is 49.6 Å². The Hall–Kier alpha value is -2.99. The van der Waals surface area contributed by atoms with Crippen molar-refractivity contribution in [3.8, 4) is 17.6 Å². The predicted molar refractivity (Wildman–Crippen MR) is 401 cm³/mol. The molecule has 1 unspecified atom stereocenters. The molecule has 4 heterocycles. The number of rotatable bonds is 36. The summed E-state index contributed by atoms with van der Waals surface area (Å²) in [6.07, 6.45) is 13.8. The molecule has 0 bridgehead atoms. The second-order valence-electron chi connectivity index (χ2n) is 24.3. The number of halogens is 3. The minimum Gasteiger partial charge on any atom is -0.481 e. The summed E-state index contributed by atoms with van der Waals surface area (Å²) in [6, 6.07) is 13.5. The summed E-state index contributed by atoms with van der Waals surface area (Å²) >= 11 is 7.30. The fraction of sp³-hybridized carbons (Fsp3) is 0.682. The number of carbonyl (C=O) groups is 3. The Balaban J connectivity index is -0.000000518. The van der Waals surface area contributed by atoms with Gasteiger partial charge in [-0.3, -0.25) is 14.4 Å². The summed E-state index contributed by atoms with van der Waals surface area (Å²) in [7, 11) is -2.81. The molecule has 0 aliphatic heterocycles. The molecule has 0 aromatic carbocycles. The maximum absolute atomic E-state index is 10.9. The zero-order chi connectivity index (χ0) is 71.4. The Labute approximate surface area is 595 Å². The summed E-state index contributed by atoms with van der Waals surface area (Å²) < 4.78 is 47.9. The molecule has 4 rings (SSSR count). The third kappa shape index (κ3) is 49.2. The molecule has 27 heteroatoms. The number of carbonyl (C=O) groups excluding carboxylic acids is 2. The molecule has 0 radical (unpaired) electrons. The topological polar surface area (TPSA) is 270 Å². The molecule has 93 heavy (non-hydrogen) atoms. The molecule has 20 nitrogen and oxygen atoms in total. The summed E-state index contributed by atoms with van der Waals surface area (Å²) in [5.41, 5.74) is 0.607. The molecule has 4 aromatic rings. The zero-order valence-electron chi connectivity index (χ0n) is 59.7. The van der Waals surface area contributed by atoms with Crippen LogP contribution < -0.4 is 14.2 Å². The van der Waals surface area contributed by atoms with E-state index in [0.717, 1.165) is 61.1 Å². The van der Waals surface area contributed by atoms with Crippen molar-refractivity contribution in [3.05, 3.63) is 84.1 Å². The minimum atomic E-state index is -2.24. The van der Waals surface area contributed by atoms with Gasteiger partial charge in [-0.25, -0.2) is 0 Å². The number of ketones is 2. The van der Waals surface area contributed by atoms with Crippen molar-refractivity contribution < 1.29 is 57.5 Å². The molecule has 0 aliphatic carbocycles. The van der Waals surface area contributed by atoms with Crippen LogP contribution in [0.1, 0.15) is 201 Å². The summed E-state index contributed by atoms with van der Waals surface area (Å²) in [5, 5.41) is 56.1. The van der Waals surface area contributed by atoms with E-state index < -0.39 is 41.0 Å². The van der Waals surface area contributed by atoms with Gasteiger partial charge in [-0.15, -0.1) is 50.0 Å². The third-order valence-corrected chi connectivity index (χ3v) is 40.0. The number of aromatic nitrogens is 8. The van der Waals surface area contributed by atoms with Crippen molar-refractivity contribution in [1.29, 1.82) is 1.28 Å². The first kappa shape index (κ1) is 94.2. The maximum atomic E-state index is 10.9. The van der Waals surface area contributed by atoms with Crippen LogP contribution in [0, 0.1) is 0 Å². The van der Waals surface area contributed by atoms with Crippen molar-refractivity contribution in [3.63, 3.8) is 0 Å². The second-order valence-corrected chi connectivity index (χ2v) is 49.5. The summed E-state index contributed by atoms with van der Waals surface area (Å²) in [4.78, 5) is 32.0. The average Bonchev–Trinajstić information content (AvgIpc) is 1.05. The van der Waals surface area contributed by atoms with Gasteiger partial charge >= 0.3 is 126 Å². The molecule has 0 saturated carbocycles. The van der Waals surface area contributed by atoms with E-state index in [1.54, 1.807) is 12.1 Å². The Morgan fingerprint density at radius 2 is 0.849 bits per heavy atom. The van der Waals surface area contributed by atoms with Crippen molar-refractivity contribution in [2.45, 2.75) is 230 Å². The van der Waals surface area contributed by atoms with E-state index in [1.807, 2.05) is 30.9 Å². The number of aliphatic carboxylic acids is 1. The van der Waals surface area contributed by atoms with E-state index >= 15 is 0 Å². The predicted octanol–water partition coefficient (Wildman–Crippen LogP) is 18.0. The van der Waals surface area contributed by atoms with Crippen molar-refractivity contribution in [2.75, 3.05) is 59.5 Å². The van der Waals surface area contributed by atoms with Gasteiger partial charge in [0.05, 0.1) is 21.1 Å². The van der Waals surface area contributed by atoms with Gasteiger partial charge in [-0.1, -0.05) is 55.6 Å². The van der Waals surface area contributed by atoms with E-state index in [1.165, 1.54) is 81.6 Å². The van der Waals surface area contributed by atoms with Crippen LogP contribution in [0.25, 0.3) is 0 Å². The monoisotopic (exact) mass is 1660 g/mol. The fourth-order valence-electron chi connectivity index (χ4n) is 6.99. The van der Waals surface area contributed by atoms with Gasteiger partial charge < -0.3 is 38.4 Å². The molecule has 0 amide bonds. The molecule has 4 aromatic heterocycles. The molecule has 1 atom stereocenters. The second kappa shape index (κ2) is 57.0. The van der Waals surface area contributed by atoms with Crippen molar-refractivity contribution in [1.82, 2.24) is 40.8 Å². The molecule has 0 spiro atoms. The van der Waals surface area contributed by atoms with E-state index in [2.05, 4.69) is 191 Å². The molecule has 0 aliphatic rings. The normalized spacial score (nSPS) is 11.2. The van der Waals surface area contributed by atoms with Crippen LogP contribution in [0.3, 0.4) is 0 Å². The number of unbranched alkanes of at least 4 members (excludes halogenated alkanes) is 6. The van der Waals surface area contributed by atoms with E-state index in [4.69, 9.17) is 44.4 Å². The smallest absolute Gasteiger partial charge is 0.303 e. The first-order valence-electron chi connectivity index (χ1n) is 32.6. The largest absolute Gasteiger partial charge is 0.481 e. The number of hydrogen-bond donors (Lipinski definition) is 3. The number of nitrogens with zero attached hydrogens (tertiary/aromatic N) is 8. The van der Waals surface area contributed by atoms with Crippen molar-refractivity contribution in [2.24, 2.45) is 0 Å². The fourth-order valence-corrected chi connectivity index (χ4v) is 24.4. The van der Waals surface area contributed by atoms with Gasteiger partial charge in [0.15, 0.2) is 28.2 Å². The van der Waals surface area contributed by atoms with Crippen LogP contribution in [0.4, 0.5) is 0 Å². The third-order valence-electron chi connectivity index (χ3n) is 14.6. The first-order chi connectivity index (χ1) is 43.7. The van der Waals surface area contributed by atoms with Gasteiger partial charge in [-0.2, -0.15) is 0 Å². The van der Waals surface area contributed by atoms with E-state index in [0.29, 0.717) is 62.3 Å². The van der Waals surface area contributed by atoms with Crippen LogP contribution >= 0.6 is 57.0 Å². The van der Waals surface area contributed by atoms with Crippen LogP contribution in [-0.4, -0.2) is 169 Å². The molecule has 3 N–H and O–H groups in total. The van der Waals surface area contributed by atoms with Gasteiger partial charge in [0, 0.05) is 64.9 Å². The molecule has 0 fully saturated rings. The van der Waals surface area contributed by atoms with Gasteiger partial charge in [0.2, 0.25) is 17.6 Å². The zero-order valence-corrected chi connectivity index (χ0v) is 69.3. The molecular weight excluding hydrogens is 1540 g/mol. The molecule has 0 saturated heterocycles. The Bertz CT molecular complexity index is 2490. The van der Waals surface area contributed by atoms with E-state index in [9.17, 15) is 14.4 Å². The maximum Gasteiger partial charge on any atom is 0.303 e. The quantitative estimate of drug-likeness (QED) is 0.0125. The van der Waals surface area contributed by atoms with Crippen molar-refractivity contribution >= 4 is 110 Å². The van der Waals surface area contributed by atoms with Gasteiger partial charge in [-0.05, 0) is 159 Å². The number of Topliss-reactive ketones (excluding diaryl/α,β-unsaturated/α-hetero) is 2. The van der Waals surface area contributed by atoms with Crippen LogP contribution in [0.15, 0.2) is 72.7 Å². The SMILES string of the molecule is Brc1ccc(Br)nn1.C.C=[C](OCC)[Sn]([CH2]CCC)([CH2]CCC)[CH2]CCC.CC(=O)c1ccc(OCCCC(=O)O)nn1.CC(=O)c1ccc(OCCCCO)nn1.CC(C)(C)[Si](C)(C)OCCCCO.CC(C)(C)[Si](C)(C)OCCCCOc1ccc(Br)nn1.[2H]PC. The van der Waals surface area contributed by atoms with E-state index in [-0.39, 0.29) is 61.8 Å². The van der Waals surface area contributed by atoms with Gasteiger partial charge in [0.25, 0.3) is 0 Å². The first-order valence-corrected chi connectivity index (χ1v) is 48.7. The molecular formula is C66H120Br3N8O12PSi2Sn. The standard InChI is InChI=1S/C14H25BrN2O2Si.C10H12N2O4.C10H14N2O3.C10H24O2Si.C4H2Br2N2.C4H7O.3C4H9.CH5P.CH4.Sn/c1-14(2,3)20(4,5)19-11-7-6-10-18-13-9-8-12(15)16-17-13;1-7(13)8-4-5-9(12-11-8)16-6-2-3-10(14)15;1-8(14)9-4-5-10(12-11-9)15-7-3-2-6-13;1-10(2,3)13(4,5)12-9-7-6-8-11;5-3-1-2-4(6)8-7-3;1-3-5-4-2;3*1-3-4-2;1-2;;/h8-9H,6-7,10-11H2,1-5H3;4-5H,2-3,6H2,1H3,(H,14,15);4-5,13H,2-3,6-7H2,1H3;11H,6-9H2,1-5H3;1-2H;1,4H2,2H3;3*1,3-4H2,2H3;2H2,1H3;1H4;/i;;;;;;;;;2D;;. The number of ether oxygens (including phenoxy) is 4. The number of carboxylic acid groups (broad SMARTS) is 1. The number of aliphatic hydroxyl groups excluding tert-OH is 2. The number of carboxylic acids is 1. The Kier molecular flexibility index (Phi) is 57.7. The Morgan fingerprint density at radius 1 is 0.538 bits per heavy atom.